The van der Waals surface area contributed by atoms with Crippen molar-refractivity contribution < 1.29 is 4.74 Å². The van der Waals surface area contributed by atoms with Gasteiger partial charge in [0.1, 0.15) is 0 Å². The smallest absolute Gasteiger partial charge is 0.0601 e. The van der Waals surface area contributed by atoms with Crippen LogP contribution in [0.2, 0.25) is 0 Å². The van der Waals surface area contributed by atoms with Gasteiger partial charge >= 0.3 is 0 Å². The third-order valence-electron chi connectivity index (χ3n) is 4.85. The minimum Gasteiger partial charge on any atom is -0.381 e. The molecule has 2 saturated carbocycles. The summed E-state index contributed by atoms with van der Waals surface area (Å²) in [5.41, 5.74) is 0.927. The fourth-order valence-electron chi connectivity index (χ4n) is 2.74. The molecule has 0 atom stereocenters. The van der Waals surface area contributed by atoms with Crippen LogP contribution < -0.4 is 5.32 Å². The summed E-state index contributed by atoms with van der Waals surface area (Å²) in [6.07, 6.45) is 2.90. The van der Waals surface area contributed by atoms with Gasteiger partial charge in [-0.2, -0.15) is 0 Å². The van der Waals surface area contributed by atoms with Crippen LogP contribution in [0.4, 0.5) is 0 Å². The summed E-state index contributed by atoms with van der Waals surface area (Å²) in [6.45, 7) is 9.43. The van der Waals surface area contributed by atoms with Crippen molar-refractivity contribution in [2.24, 2.45) is 10.8 Å². The summed E-state index contributed by atoms with van der Waals surface area (Å²) in [6, 6.07) is 1.39. The second kappa shape index (κ2) is 2.96. The summed E-state index contributed by atoms with van der Waals surface area (Å²) < 4.78 is 5.28. The molecule has 0 aromatic carbocycles. The molecule has 1 N–H and O–H groups in total. The first kappa shape index (κ1) is 10.4. The van der Waals surface area contributed by atoms with Crippen molar-refractivity contribution in [2.75, 3.05) is 7.11 Å². The molecule has 0 saturated heterocycles. The molecular weight excluding hydrogens is 174 g/mol. The topological polar surface area (TPSA) is 21.3 Å². The predicted octanol–water partition coefficient (Wildman–Crippen LogP) is 2.19. The third-order valence-corrected chi connectivity index (χ3v) is 4.85. The molecule has 0 bridgehead atoms. The number of methoxy groups -OCH3 is 1. The van der Waals surface area contributed by atoms with E-state index >= 15 is 0 Å². The Kier molecular flexibility index (Phi) is 2.20. The molecule has 2 rings (SSSR count). The molecule has 0 amide bonds. The zero-order chi connectivity index (χ0) is 10.6. The summed E-state index contributed by atoms with van der Waals surface area (Å²) in [5, 5.41) is 3.76. The molecule has 2 aliphatic carbocycles. The normalized spacial score (nSPS) is 39.2. The van der Waals surface area contributed by atoms with E-state index in [4.69, 9.17) is 4.74 Å². The van der Waals surface area contributed by atoms with Crippen LogP contribution in [-0.2, 0) is 4.74 Å². The van der Waals surface area contributed by atoms with E-state index in [1.807, 2.05) is 7.11 Å². The Morgan fingerprint density at radius 3 is 1.93 bits per heavy atom. The average Bonchev–Trinajstić information content (AvgIpc) is 2.36. The van der Waals surface area contributed by atoms with Gasteiger partial charge in [-0.05, 0) is 23.7 Å². The van der Waals surface area contributed by atoms with E-state index in [9.17, 15) is 0 Å². The summed E-state index contributed by atoms with van der Waals surface area (Å²) in [5.74, 6) is 0. The zero-order valence-corrected chi connectivity index (χ0v) is 10.1. The average molecular weight is 197 g/mol. The number of hydrogen-bond acceptors (Lipinski definition) is 2. The molecule has 2 nitrogen and oxygen atoms in total. The fourth-order valence-corrected chi connectivity index (χ4v) is 2.74. The lowest BCUT2D eigenvalue weighted by Crippen LogP contribution is -2.47. The molecule has 0 aliphatic heterocycles. The lowest BCUT2D eigenvalue weighted by Gasteiger charge is -2.35. The molecule has 0 spiro atoms. The maximum Gasteiger partial charge on any atom is 0.0601 e. The van der Waals surface area contributed by atoms with E-state index in [1.165, 1.54) is 12.8 Å². The number of rotatable bonds is 3. The Morgan fingerprint density at radius 2 is 1.57 bits per heavy atom. The van der Waals surface area contributed by atoms with Gasteiger partial charge in [0, 0.05) is 19.2 Å². The van der Waals surface area contributed by atoms with E-state index in [0.717, 1.165) is 0 Å². The van der Waals surface area contributed by atoms with Crippen molar-refractivity contribution >= 4 is 0 Å². The number of nitrogens with one attached hydrogen (secondary N) is 1. The van der Waals surface area contributed by atoms with Gasteiger partial charge in [0.25, 0.3) is 0 Å². The molecule has 2 aliphatic rings. The maximum absolute atomic E-state index is 5.28. The molecule has 0 heterocycles. The lowest BCUT2D eigenvalue weighted by atomic mass is 9.89. The highest BCUT2D eigenvalue weighted by molar-refractivity contribution is 5.18. The van der Waals surface area contributed by atoms with Gasteiger partial charge in [0.05, 0.1) is 6.10 Å². The van der Waals surface area contributed by atoms with E-state index in [1.54, 1.807) is 0 Å². The van der Waals surface area contributed by atoms with Crippen LogP contribution in [0.3, 0.4) is 0 Å². The number of hydrogen-bond donors (Lipinski definition) is 1. The van der Waals surface area contributed by atoms with Gasteiger partial charge < -0.3 is 10.1 Å². The maximum atomic E-state index is 5.28. The van der Waals surface area contributed by atoms with Crippen LogP contribution in [0, 0.1) is 10.8 Å². The largest absolute Gasteiger partial charge is 0.381 e. The first-order valence-corrected chi connectivity index (χ1v) is 5.68. The quantitative estimate of drug-likeness (QED) is 0.749. The van der Waals surface area contributed by atoms with Crippen molar-refractivity contribution in [1.82, 2.24) is 5.32 Å². The molecule has 0 aromatic heterocycles. The molecule has 2 fully saturated rings. The van der Waals surface area contributed by atoms with E-state index in [0.29, 0.717) is 29.0 Å². The van der Waals surface area contributed by atoms with Crippen LogP contribution in [0.5, 0.6) is 0 Å². The van der Waals surface area contributed by atoms with Crippen LogP contribution in [0.1, 0.15) is 40.5 Å². The predicted molar refractivity (Wildman–Crippen MR) is 58.3 cm³/mol. The Labute approximate surface area is 87.4 Å². The Balaban J connectivity index is 1.79. The van der Waals surface area contributed by atoms with Gasteiger partial charge in [-0.15, -0.1) is 0 Å². The molecule has 0 aromatic rings. The Bertz CT molecular complexity index is 214. The first-order chi connectivity index (χ1) is 6.39. The Hall–Kier alpha value is -0.0800. The van der Waals surface area contributed by atoms with Gasteiger partial charge in [0.2, 0.25) is 0 Å². The van der Waals surface area contributed by atoms with Crippen molar-refractivity contribution in [3.8, 4) is 0 Å². The van der Waals surface area contributed by atoms with Crippen LogP contribution in [0.15, 0.2) is 0 Å². The molecule has 14 heavy (non-hydrogen) atoms. The monoisotopic (exact) mass is 197 g/mol. The van der Waals surface area contributed by atoms with Crippen molar-refractivity contribution in [3.63, 3.8) is 0 Å². The second-order valence-corrected chi connectivity index (χ2v) is 6.07. The SMILES string of the molecule is COC1CC(NC2C(C)(C)C2(C)C)C1. The lowest BCUT2D eigenvalue weighted by molar-refractivity contribution is 0.0156. The van der Waals surface area contributed by atoms with Gasteiger partial charge in [-0.25, -0.2) is 0 Å². The highest BCUT2D eigenvalue weighted by Crippen LogP contribution is 2.63. The molecule has 82 valence electrons. The minimum atomic E-state index is 0.463. The highest BCUT2D eigenvalue weighted by atomic mass is 16.5. The van der Waals surface area contributed by atoms with E-state index in [-0.39, 0.29) is 0 Å². The standard InChI is InChI=1S/C12H23NO/c1-11(2)10(12(11,3)4)13-8-6-9(7-8)14-5/h8-10,13H,6-7H2,1-5H3. The van der Waals surface area contributed by atoms with Gasteiger partial charge in [-0.3, -0.25) is 0 Å². The van der Waals surface area contributed by atoms with Crippen LogP contribution in [0.25, 0.3) is 0 Å². The number of ether oxygens (including phenoxy) is 1. The van der Waals surface area contributed by atoms with E-state index in [2.05, 4.69) is 33.0 Å². The van der Waals surface area contributed by atoms with Crippen molar-refractivity contribution in [1.29, 1.82) is 0 Å². The highest BCUT2D eigenvalue weighted by Gasteiger charge is 2.65. The van der Waals surface area contributed by atoms with Crippen LogP contribution >= 0.6 is 0 Å². The molecule has 0 unspecified atom stereocenters. The van der Waals surface area contributed by atoms with Crippen molar-refractivity contribution in [3.05, 3.63) is 0 Å². The second-order valence-electron chi connectivity index (χ2n) is 6.07. The molecule has 2 heteroatoms. The third kappa shape index (κ3) is 1.31. The summed E-state index contributed by atoms with van der Waals surface area (Å²) in [4.78, 5) is 0. The zero-order valence-electron chi connectivity index (χ0n) is 10.1. The van der Waals surface area contributed by atoms with Gasteiger partial charge in [-0.1, -0.05) is 27.7 Å². The fraction of sp³-hybridized carbons (Fsp3) is 1.00. The molecular formula is C12H23NO. The van der Waals surface area contributed by atoms with E-state index < -0.39 is 0 Å². The summed E-state index contributed by atoms with van der Waals surface area (Å²) >= 11 is 0. The minimum absolute atomic E-state index is 0.463. The van der Waals surface area contributed by atoms with Crippen molar-refractivity contribution in [2.45, 2.75) is 58.7 Å². The molecule has 0 radical (unpaired) electrons. The van der Waals surface area contributed by atoms with Crippen LogP contribution in [-0.4, -0.2) is 25.3 Å². The Morgan fingerprint density at radius 1 is 1.07 bits per heavy atom. The summed E-state index contributed by atoms with van der Waals surface area (Å²) in [7, 11) is 1.81. The van der Waals surface area contributed by atoms with Gasteiger partial charge in [0.15, 0.2) is 0 Å². The first-order valence-electron chi connectivity index (χ1n) is 5.68.